The molecule has 0 amide bonds. The van der Waals surface area contributed by atoms with Crippen LogP contribution < -0.4 is 5.32 Å². The SMILES string of the molecule is N=C/C(C(=O)O)=C1/N=C(N2CCCC2)C=CN1. The van der Waals surface area contributed by atoms with Crippen molar-refractivity contribution in [2.75, 3.05) is 13.1 Å². The lowest BCUT2D eigenvalue weighted by atomic mass is 10.2. The van der Waals surface area contributed by atoms with E-state index < -0.39 is 5.97 Å². The standard InChI is InChI=1S/C11H14N4O2/c12-7-8(11(16)17)10-13-4-3-9(14-10)15-5-1-2-6-15/h3-4,7,12-13H,1-2,5-6H2,(H,16,17)/b10-8-,12-7?. The Kier molecular flexibility index (Phi) is 3.22. The lowest BCUT2D eigenvalue weighted by Crippen LogP contribution is -2.30. The smallest absolute Gasteiger partial charge is 0.341 e. The Morgan fingerprint density at radius 2 is 2.24 bits per heavy atom. The number of rotatable bonds is 2. The number of carbonyl (C=O) groups is 1. The average Bonchev–Trinajstić information content (AvgIpc) is 2.83. The number of hydrogen-bond acceptors (Lipinski definition) is 5. The molecule has 0 spiro atoms. The number of nitrogens with zero attached hydrogens (tertiary/aromatic N) is 2. The van der Waals surface area contributed by atoms with Crippen molar-refractivity contribution in [2.45, 2.75) is 12.8 Å². The molecule has 0 aromatic carbocycles. The first kappa shape index (κ1) is 11.4. The summed E-state index contributed by atoms with van der Waals surface area (Å²) in [5.74, 6) is -0.170. The van der Waals surface area contributed by atoms with Crippen LogP contribution in [0.3, 0.4) is 0 Å². The van der Waals surface area contributed by atoms with Gasteiger partial charge >= 0.3 is 5.97 Å². The van der Waals surface area contributed by atoms with Gasteiger partial charge in [-0.15, -0.1) is 0 Å². The molecule has 1 saturated heterocycles. The minimum absolute atomic E-state index is 0.133. The molecule has 0 saturated carbocycles. The fourth-order valence-corrected chi connectivity index (χ4v) is 1.87. The van der Waals surface area contributed by atoms with Crippen LogP contribution in [-0.4, -0.2) is 41.1 Å². The summed E-state index contributed by atoms with van der Waals surface area (Å²) >= 11 is 0. The molecule has 0 atom stereocenters. The Balaban J connectivity index is 2.29. The van der Waals surface area contributed by atoms with Gasteiger partial charge in [0.25, 0.3) is 0 Å². The highest BCUT2D eigenvalue weighted by atomic mass is 16.4. The third-order valence-electron chi connectivity index (χ3n) is 2.74. The lowest BCUT2D eigenvalue weighted by Gasteiger charge is -2.20. The van der Waals surface area contributed by atoms with Crippen LogP contribution in [-0.2, 0) is 4.79 Å². The first-order valence-corrected chi connectivity index (χ1v) is 5.47. The van der Waals surface area contributed by atoms with E-state index in [0.717, 1.165) is 38.0 Å². The van der Waals surface area contributed by atoms with Crippen LogP contribution >= 0.6 is 0 Å². The van der Waals surface area contributed by atoms with Gasteiger partial charge in [0.05, 0.1) is 0 Å². The summed E-state index contributed by atoms with van der Waals surface area (Å²) < 4.78 is 0. The Morgan fingerprint density at radius 1 is 1.53 bits per heavy atom. The maximum atomic E-state index is 10.9. The predicted octanol–water partition coefficient (Wildman–Crippen LogP) is 0.543. The minimum atomic E-state index is -1.15. The minimum Gasteiger partial charge on any atom is -0.477 e. The summed E-state index contributed by atoms with van der Waals surface area (Å²) in [6, 6.07) is 0. The van der Waals surface area contributed by atoms with E-state index in [-0.39, 0.29) is 11.4 Å². The summed E-state index contributed by atoms with van der Waals surface area (Å²) in [6.45, 7) is 1.90. The zero-order valence-corrected chi connectivity index (χ0v) is 9.31. The Hall–Kier alpha value is -2.11. The van der Waals surface area contributed by atoms with Crippen LogP contribution in [0.25, 0.3) is 0 Å². The van der Waals surface area contributed by atoms with Gasteiger partial charge in [-0.2, -0.15) is 0 Å². The van der Waals surface area contributed by atoms with E-state index >= 15 is 0 Å². The molecule has 2 aliphatic rings. The van der Waals surface area contributed by atoms with E-state index in [4.69, 9.17) is 10.5 Å². The van der Waals surface area contributed by atoms with E-state index in [2.05, 4.69) is 15.2 Å². The Morgan fingerprint density at radius 3 is 2.82 bits per heavy atom. The van der Waals surface area contributed by atoms with E-state index in [1.165, 1.54) is 0 Å². The van der Waals surface area contributed by atoms with Crippen molar-refractivity contribution in [2.24, 2.45) is 4.99 Å². The van der Waals surface area contributed by atoms with Crippen LogP contribution in [0.15, 0.2) is 28.7 Å². The van der Waals surface area contributed by atoms with E-state index in [1.54, 1.807) is 6.20 Å². The summed E-state index contributed by atoms with van der Waals surface area (Å²) in [6.07, 6.45) is 6.54. The second-order valence-electron chi connectivity index (χ2n) is 3.85. The van der Waals surface area contributed by atoms with Gasteiger partial charge in [0.1, 0.15) is 17.2 Å². The molecule has 17 heavy (non-hydrogen) atoms. The third-order valence-corrected chi connectivity index (χ3v) is 2.74. The number of aliphatic carboxylic acids is 1. The van der Waals surface area contributed by atoms with Gasteiger partial charge in [-0.25, -0.2) is 9.79 Å². The molecule has 3 N–H and O–H groups in total. The maximum Gasteiger partial charge on any atom is 0.341 e. The van der Waals surface area contributed by atoms with Gasteiger partial charge < -0.3 is 20.7 Å². The van der Waals surface area contributed by atoms with Crippen molar-refractivity contribution >= 4 is 18.0 Å². The normalized spacial score (nSPS) is 21.9. The van der Waals surface area contributed by atoms with Crippen molar-refractivity contribution in [3.8, 4) is 0 Å². The van der Waals surface area contributed by atoms with Crippen molar-refractivity contribution in [1.29, 1.82) is 5.41 Å². The van der Waals surface area contributed by atoms with Crippen molar-refractivity contribution in [3.05, 3.63) is 23.7 Å². The second-order valence-corrected chi connectivity index (χ2v) is 3.85. The monoisotopic (exact) mass is 234 g/mol. The molecule has 0 aromatic heterocycles. The first-order chi connectivity index (χ1) is 8.22. The van der Waals surface area contributed by atoms with Crippen LogP contribution in [0.5, 0.6) is 0 Å². The predicted molar refractivity (Wildman–Crippen MR) is 64.0 cm³/mol. The Bertz CT molecular complexity index is 431. The van der Waals surface area contributed by atoms with Gasteiger partial charge in [-0.05, 0) is 18.9 Å². The molecular weight excluding hydrogens is 220 g/mol. The summed E-state index contributed by atoms with van der Waals surface area (Å²) in [5, 5.41) is 18.8. The summed E-state index contributed by atoms with van der Waals surface area (Å²) in [7, 11) is 0. The quantitative estimate of drug-likeness (QED) is 0.480. The topological polar surface area (TPSA) is 88.8 Å². The van der Waals surface area contributed by atoms with Crippen molar-refractivity contribution in [1.82, 2.24) is 10.2 Å². The van der Waals surface area contributed by atoms with Crippen LogP contribution in [0.1, 0.15) is 12.8 Å². The molecular formula is C11H14N4O2. The second kappa shape index (κ2) is 4.82. The average molecular weight is 234 g/mol. The van der Waals surface area contributed by atoms with Gasteiger partial charge in [-0.1, -0.05) is 0 Å². The van der Waals surface area contributed by atoms with Crippen LogP contribution in [0.4, 0.5) is 0 Å². The molecule has 2 heterocycles. The zero-order valence-electron chi connectivity index (χ0n) is 9.31. The number of aliphatic imine (C=N–C) groups is 1. The summed E-state index contributed by atoms with van der Waals surface area (Å²) in [5.41, 5.74) is -0.133. The van der Waals surface area contributed by atoms with Crippen molar-refractivity contribution < 1.29 is 9.90 Å². The van der Waals surface area contributed by atoms with E-state index in [1.807, 2.05) is 6.08 Å². The Labute approximate surface area is 98.8 Å². The fourth-order valence-electron chi connectivity index (χ4n) is 1.87. The number of carboxylic acid groups (broad SMARTS) is 1. The zero-order chi connectivity index (χ0) is 12.3. The molecule has 2 rings (SSSR count). The molecule has 0 aromatic rings. The highest BCUT2D eigenvalue weighted by Gasteiger charge is 2.19. The van der Waals surface area contributed by atoms with Crippen LogP contribution in [0, 0.1) is 5.41 Å². The van der Waals surface area contributed by atoms with E-state index in [9.17, 15) is 4.79 Å². The highest BCUT2D eigenvalue weighted by Crippen LogP contribution is 2.13. The summed E-state index contributed by atoms with van der Waals surface area (Å²) in [4.78, 5) is 17.3. The molecule has 2 aliphatic heterocycles. The van der Waals surface area contributed by atoms with Gasteiger partial charge in [-0.3, -0.25) is 0 Å². The molecule has 0 bridgehead atoms. The number of likely N-dealkylation sites (tertiary alicyclic amines) is 1. The lowest BCUT2D eigenvalue weighted by molar-refractivity contribution is -0.132. The molecule has 1 fully saturated rings. The van der Waals surface area contributed by atoms with Gasteiger partial charge in [0.15, 0.2) is 0 Å². The molecule has 90 valence electrons. The molecule has 6 heteroatoms. The number of hydrogen-bond donors (Lipinski definition) is 3. The van der Waals surface area contributed by atoms with Crippen molar-refractivity contribution in [3.63, 3.8) is 0 Å². The molecule has 0 radical (unpaired) electrons. The number of amidine groups is 1. The van der Waals surface area contributed by atoms with Gasteiger partial charge in [0, 0.05) is 25.5 Å². The number of nitrogens with one attached hydrogen (secondary N) is 2. The molecule has 0 unspecified atom stereocenters. The third kappa shape index (κ3) is 2.35. The highest BCUT2D eigenvalue weighted by molar-refractivity contribution is 6.09. The molecule has 0 aliphatic carbocycles. The fraction of sp³-hybridized carbons (Fsp3) is 0.364. The van der Waals surface area contributed by atoms with E-state index in [0.29, 0.717) is 0 Å². The van der Waals surface area contributed by atoms with Gasteiger partial charge in [0.2, 0.25) is 0 Å². The maximum absolute atomic E-state index is 10.9. The molecule has 6 nitrogen and oxygen atoms in total. The largest absolute Gasteiger partial charge is 0.477 e. The van der Waals surface area contributed by atoms with Crippen LogP contribution in [0.2, 0.25) is 0 Å². The number of carboxylic acids is 1. The first-order valence-electron chi connectivity index (χ1n) is 5.47.